The van der Waals surface area contributed by atoms with Crippen molar-refractivity contribution in [3.8, 4) is 17.4 Å². The first-order chi connectivity index (χ1) is 17.1. The summed E-state index contributed by atoms with van der Waals surface area (Å²) in [5.41, 5.74) is 2.16. The maximum atomic E-state index is 13.2. The van der Waals surface area contributed by atoms with E-state index in [0.29, 0.717) is 24.1 Å². The number of anilines is 1. The monoisotopic (exact) mass is 515 g/mol. The van der Waals surface area contributed by atoms with E-state index in [1.807, 2.05) is 6.92 Å². The minimum Gasteiger partial charge on any atom is -0.439 e. The number of ether oxygens (including phenoxy) is 2. The van der Waals surface area contributed by atoms with E-state index in [1.165, 1.54) is 18.5 Å². The summed E-state index contributed by atoms with van der Waals surface area (Å²) in [6.07, 6.45) is -0.100. The zero-order valence-electron chi connectivity index (χ0n) is 19.7. The summed E-state index contributed by atoms with van der Waals surface area (Å²) in [5.74, 6) is 0.879. The number of carbonyl (C=O) groups excluding carboxylic acids is 2. The third kappa shape index (κ3) is 7.21. The van der Waals surface area contributed by atoms with Gasteiger partial charge in [-0.1, -0.05) is 23.7 Å². The Labute approximate surface area is 211 Å². The van der Waals surface area contributed by atoms with Gasteiger partial charge in [-0.25, -0.2) is 9.97 Å². The number of nitrogens with zero attached hydrogens (tertiary/aromatic N) is 2. The molecule has 2 aromatic carbocycles. The van der Waals surface area contributed by atoms with Crippen molar-refractivity contribution in [3.63, 3.8) is 0 Å². The van der Waals surface area contributed by atoms with Gasteiger partial charge in [-0.2, -0.15) is 8.78 Å². The van der Waals surface area contributed by atoms with Crippen molar-refractivity contribution >= 4 is 29.1 Å². The van der Waals surface area contributed by atoms with Gasteiger partial charge in [0.25, 0.3) is 0 Å². The number of benzene rings is 2. The molecule has 1 saturated carbocycles. The molecular formula is C26H24ClF2N3O4. The number of carbonyl (C=O) groups is 2. The number of amides is 1. The number of nitrogens with one attached hydrogen (secondary N) is 1. The summed E-state index contributed by atoms with van der Waals surface area (Å²) < 4.78 is 36.8. The molecule has 1 aliphatic carbocycles. The molecule has 0 bridgehead atoms. The lowest BCUT2D eigenvalue weighted by Crippen LogP contribution is -2.19. The van der Waals surface area contributed by atoms with Crippen molar-refractivity contribution in [3.05, 3.63) is 70.5 Å². The first-order valence-electron chi connectivity index (χ1n) is 11.3. The van der Waals surface area contributed by atoms with Crippen LogP contribution in [0.3, 0.4) is 0 Å². The Balaban J connectivity index is 1.37. The number of alkyl halides is 2. The first-order valence-corrected chi connectivity index (χ1v) is 11.7. The van der Waals surface area contributed by atoms with Crippen molar-refractivity contribution in [2.45, 2.75) is 45.6 Å². The molecule has 0 radical (unpaired) electrons. The van der Waals surface area contributed by atoms with E-state index >= 15 is 0 Å². The van der Waals surface area contributed by atoms with Crippen LogP contribution in [0.1, 0.15) is 36.5 Å². The third-order valence-corrected chi connectivity index (χ3v) is 5.76. The number of aryl methyl sites for hydroxylation is 1. The van der Waals surface area contributed by atoms with E-state index in [9.17, 15) is 18.4 Å². The van der Waals surface area contributed by atoms with E-state index in [1.54, 1.807) is 30.3 Å². The summed E-state index contributed by atoms with van der Waals surface area (Å²) in [6.45, 7) is 2.47. The fraction of sp³-hybridized carbons (Fsp3) is 0.308. The Bertz CT molecular complexity index is 1290. The molecule has 1 aromatic heterocycles. The van der Waals surface area contributed by atoms with E-state index in [0.717, 1.165) is 24.0 Å². The van der Waals surface area contributed by atoms with Crippen molar-refractivity contribution in [2.24, 2.45) is 5.92 Å². The maximum Gasteiger partial charge on any atom is 0.394 e. The van der Waals surface area contributed by atoms with Crippen LogP contribution < -0.4 is 14.8 Å². The molecule has 0 unspecified atom stereocenters. The van der Waals surface area contributed by atoms with Gasteiger partial charge in [0.05, 0.1) is 5.02 Å². The second-order valence-corrected chi connectivity index (χ2v) is 9.17. The van der Waals surface area contributed by atoms with E-state index < -0.39 is 6.11 Å². The molecule has 1 fully saturated rings. The highest BCUT2D eigenvalue weighted by atomic mass is 35.5. The number of aromatic nitrogens is 2. The predicted octanol–water partition coefficient (Wildman–Crippen LogP) is 5.93. The van der Waals surface area contributed by atoms with Crippen LogP contribution >= 0.6 is 11.6 Å². The van der Waals surface area contributed by atoms with E-state index in [2.05, 4.69) is 20.0 Å². The van der Waals surface area contributed by atoms with Gasteiger partial charge in [0.2, 0.25) is 11.8 Å². The molecule has 1 N–H and O–H groups in total. The average molecular weight is 516 g/mol. The van der Waals surface area contributed by atoms with Gasteiger partial charge in [-0.3, -0.25) is 9.59 Å². The number of rotatable bonds is 10. The lowest BCUT2D eigenvalue weighted by atomic mass is 9.99. The third-order valence-electron chi connectivity index (χ3n) is 5.45. The zero-order chi connectivity index (χ0) is 25.9. The SMILES string of the molecule is Cc1cc(Oc2cc(NC(=O)C3CC3)ncn2)ccc1CC(=O)Cc1ccc(Cl)c(OC(C)(F)F)c1. The Hall–Kier alpha value is -3.59. The van der Waals surface area contributed by atoms with Crippen LogP contribution in [-0.2, 0) is 22.4 Å². The van der Waals surface area contributed by atoms with Gasteiger partial charge in [-0.15, -0.1) is 0 Å². The number of halogens is 3. The zero-order valence-corrected chi connectivity index (χ0v) is 20.4. The van der Waals surface area contributed by atoms with Gasteiger partial charge < -0.3 is 14.8 Å². The largest absolute Gasteiger partial charge is 0.439 e. The Morgan fingerprint density at radius 2 is 1.89 bits per heavy atom. The van der Waals surface area contributed by atoms with Crippen LogP contribution in [0.2, 0.25) is 5.02 Å². The molecule has 0 saturated heterocycles. The normalized spacial score (nSPS) is 13.2. The Kier molecular flexibility index (Phi) is 7.49. The number of hydrogen-bond acceptors (Lipinski definition) is 6. The molecule has 36 heavy (non-hydrogen) atoms. The molecule has 0 spiro atoms. The van der Waals surface area contributed by atoms with Crippen molar-refractivity contribution < 1.29 is 27.8 Å². The smallest absolute Gasteiger partial charge is 0.394 e. The van der Waals surface area contributed by atoms with Crippen LogP contribution in [0, 0.1) is 12.8 Å². The van der Waals surface area contributed by atoms with Crippen molar-refractivity contribution in [2.75, 3.05) is 5.32 Å². The Morgan fingerprint density at radius 1 is 1.11 bits per heavy atom. The topological polar surface area (TPSA) is 90.4 Å². The van der Waals surface area contributed by atoms with E-state index in [4.69, 9.17) is 16.3 Å². The minimum atomic E-state index is -3.38. The van der Waals surface area contributed by atoms with Crippen molar-refractivity contribution in [1.82, 2.24) is 9.97 Å². The van der Waals surface area contributed by atoms with Gasteiger partial charge >= 0.3 is 6.11 Å². The summed E-state index contributed by atoms with van der Waals surface area (Å²) >= 11 is 5.93. The highest BCUT2D eigenvalue weighted by Gasteiger charge is 2.30. The summed E-state index contributed by atoms with van der Waals surface area (Å²) in [7, 11) is 0. The average Bonchev–Trinajstić information content (AvgIpc) is 3.63. The van der Waals surface area contributed by atoms with Gasteiger partial charge in [0, 0.05) is 31.7 Å². The van der Waals surface area contributed by atoms with Crippen LogP contribution in [0.4, 0.5) is 14.6 Å². The predicted molar refractivity (Wildman–Crippen MR) is 130 cm³/mol. The molecule has 0 atom stereocenters. The lowest BCUT2D eigenvalue weighted by molar-refractivity contribution is -0.158. The standard InChI is InChI=1S/C26H24ClF2N3O4/c1-15-9-20(35-24-13-23(30-14-31-24)32-25(34)17-4-5-17)7-6-18(15)12-19(33)10-16-3-8-21(27)22(11-16)36-26(2,28)29/h3,6-9,11,13-14,17H,4-5,10,12H2,1-2H3,(H,30,31,32,34). The van der Waals surface area contributed by atoms with Crippen molar-refractivity contribution in [1.29, 1.82) is 0 Å². The summed E-state index contributed by atoms with van der Waals surface area (Å²) in [4.78, 5) is 32.7. The highest BCUT2D eigenvalue weighted by molar-refractivity contribution is 6.32. The molecule has 1 heterocycles. The fourth-order valence-corrected chi connectivity index (χ4v) is 3.68. The minimum absolute atomic E-state index is 0.0385. The number of hydrogen-bond donors (Lipinski definition) is 1. The van der Waals surface area contributed by atoms with Gasteiger partial charge in [0.1, 0.15) is 29.4 Å². The van der Waals surface area contributed by atoms with E-state index in [-0.39, 0.29) is 47.1 Å². The molecular weight excluding hydrogens is 492 g/mol. The summed E-state index contributed by atoms with van der Waals surface area (Å²) in [5, 5.41) is 2.79. The molecule has 1 aliphatic rings. The molecule has 7 nitrogen and oxygen atoms in total. The molecule has 4 rings (SSSR count). The second kappa shape index (κ2) is 10.6. The molecule has 188 valence electrons. The molecule has 0 aliphatic heterocycles. The van der Waals surface area contributed by atoms with Gasteiger partial charge in [-0.05, 0) is 60.7 Å². The Morgan fingerprint density at radius 3 is 2.58 bits per heavy atom. The molecule has 10 heteroatoms. The lowest BCUT2D eigenvalue weighted by Gasteiger charge is -2.15. The molecule has 3 aromatic rings. The van der Waals surface area contributed by atoms with Gasteiger partial charge in [0.15, 0.2) is 0 Å². The highest BCUT2D eigenvalue weighted by Crippen LogP contribution is 2.31. The maximum absolute atomic E-state index is 13.2. The quantitative estimate of drug-likeness (QED) is 0.360. The van der Waals surface area contributed by atoms with Crippen LogP contribution in [0.5, 0.6) is 17.4 Å². The number of Topliss-reactive ketones (excluding diaryl/α,β-unsaturated/α-hetero) is 1. The summed E-state index contributed by atoms with van der Waals surface area (Å²) in [6, 6.07) is 11.2. The van der Waals surface area contributed by atoms with Crippen LogP contribution in [-0.4, -0.2) is 27.8 Å². The first kappa shape index (κ1) is 25.5. The van der Waals surface area contributed by atoms with Crippen LogP contribution in [0.25, 0.3) is 0 Å². The molecule has 1 amide bonds. The second-order valence-electron chi connectivity index (χ2n) is 8.76. The fourth-order valence-electron chi connectivity index (χ4n) is 3.52. The number of ketones is 1. The van der Waals surface area contributed by atoms with Crippen LogP contribution in [0.15, 0.2) is 48.8 Å².